The molecule has 0 bridgehead atoms. The lowest BCUT2D eigenvalue weighted by Crippen LogP contribution is -2.23. The van der Waals surface area contributed by atoms with E-state index in [0.29, 0.717) is 0 Å². The smallest absolute Gasteiger partial charge is 0.192 e. The van der Waals surface area contributed by atoms with Gasteiger partial charge in [0, 0.05) is 16.0 Å². The lowest BCUT2D eigenvalue weighted by molar-refractivity contribution is -0.138. The number of nitrogens with zero attached hydrogens (tertiary/aromatic N) is 7. The van der Waals surface area contributed by atoms with Crippen LogP contribution < -0.4 is 10.4 Å². The third-order valence-corrected chi connectivity index (χ3v) is 4.29. The predicted molar refractivity (Wildman–Crippen MR) is 98.8 cm³/mol. The highest BCUT2D eigenvalue weighted by Crippen LogP contribution is 2.38. The second-order valence-corrected chi connectivity index (χ2v) is 5.85. The lowest BCUT2D eigenvalue weighted by Gasteiger charge is -2.15. The molecule has 0 N–H and O–H groups in total. The number of hydrogen-bond donors (Lipinski definition) is 0. The maximum atomic E-state index is 13.8. The molecule has 2 rings (SSSR count). The van der Waals surface area contributed by atoms with Gasteiger partial charge in [0.15, 0.2) is 0 Å². The second-order valence-electron chi connectivity index (χ2n) is 5.85. The average Bonchev–Trinajstić information content (AvgIpc) is 2.79. The van der Waals surface area contributed by atoms with E-state index in [2.05, 4.69) is 0 Å². The van der Waals surface area contributed by atoms with Crippen molar-refractivity contribution in [1.29, 1.82) is 36.8 Å². The molecule has 32 heavy (non-hydrogen) atoms. The van der Waals surface area contributed by atoms with Crippen molar-refractivity contribution in [3.8, 4) is 42.5 Å². The van der Waals surface area contributed by atoms with Crippen molar-refractivity contribution in [2.75, 3.05) is 0 Å². The van der Waals surface area contributed by atoms with Crippen molar-refractivity contribution >= 4 is 11.1 Å². The molecule has 10 heteroatoms. The summed E-state index contributed by atoms with van der Waals surface area (Å²) in [5, 5.41) is 64.5. The van der Waals surface area contributed by atoms with Crippen LogP contribution in [0.25, 0.3) is 11.1 Å². The zero-order chi connectivity index (χ0) is 24.1. The normalized spacial score (nSPS) is 10.6. The van der Waals surface area contributed by atoms with Gasteiger partial charge in [-0.05, 0) is 6.07 Å². The first-order valence-corrected chi connectivity index (χ1v) is 8.20. The standard InChI is InChI=1S/C22H4F3N7/c23-22(24,25)21-16(2-1-12(5-26)17(21)8-29)19(10-31)15-4-3-14(13(6-27)7-28)18(9-30)20(15)11-32/h1-4H/b19-15-. The van der Waals surface area contributed by atoms with Crippen molar-refractivity contribution in [1.82, 2.24) is 0 Å². The SMILES string of the molecule is N#CC(C#N)=c1cc/c(=C(\C#N)c2ccc(C#N)c(C#N)c2C(F)(F)F)c(C#N)c1C#N. The van der Waals surface area contributed by atoms with E-state index in [-0.39, 0.29) is 10.4 Å². The molecule has 0 fully saturated rings. The minimum atomic E-state index is -5.14. The largest absolute Gasteiger partial charge is 0.418 e. The molecule has 0 radical (unpaired) electrons. The highest BCUT2D eigenvalue weighted by Gasteiger charge is 2.38. The predicted octanol–water partition coefficient (Wildman–Crippen LogP) is 2.11. The fraction of sp³-hybridized carbons (Fsp3) is 0.0455. The molecule has 148 valence electrons. The monoisotopic (exact) mass is 423 g/mol. The van der Waals surface area contributed by atoms with E-state index in [1.54, 1.807) is 30.3 Å². The van der Waals surface area contributed by atoms with Crippen molar-refractivity contribution in [3.63, 3.8) is 0 Å². The van der Waals surface area contributed by atoms with E-state index in [0.717, 1.165) is 24.3 Å². The Morgan fingerprint density at radius 2 is 1.16 bits per heavy atom. The van der Waals surface area contributed by atoms with Crippen molar-refractivity contribution in [2.45, 2.75) is 6.18 Å². The lowest BCUT2D eigenvalue weighted by atomic mass is 9.89. The fourth-order valence-electron chi connectivity index (χ4n) is 2.98. The van der Waals surface area contributed by atoms with Crippen LogP contribution in [0.4, 0.5) is 13.2 Å². The van der Waals surface area contributed by atoms with Gasteiger partial charge in [-0.1, -0.05) is 18.2 Å². The topological polar surface area (TPSA) is 167 Å². The van der Waals surface area contributed by atoms with Crippen molar-refractivity contribution < 1.29 is 13.2 Å². The Morgan fingerprint density at radius 3 is 1.59 bits per heavy atom. The molecule has 0 aromatic heterocycles. The minimum absolute atomic E-state index is 0.219. The summed E-state index contributed by atoms with van der Waals surface area (Å²) in [6.45, 7) is 0. The van der Waals surface area contributed by atoms with Gasteiger partial charge in [0.25, 0.3) is 0 Å². The van der Waals surface area contributed by atoms with Crippen LogP contribution in [0, 0.1) is 79.3 Å². The van der Waals surface area contributed by atoms with Crippen LogP contribution in [0.5, 0.6) is 0 Å². The first-order chi connectivity index (χ1) is 15.2. The van der Waals surface area contributed by atoms with Gasteiger partial charge in [0.05, 0.1) is 33.4 Å². The summed E-state index contributed by atoms with van der Waals surface area (Å²) >= 11 is 0. The minimum Gasteiger partial charge on any atom is -0.192 e. The Morgan fingerprint density at radius 1 is 0.625 bits per heavy atom. The van der Waals surface area contributed by atoms with Gasteiger partial charge >= 0.3 is 6.18 Å². The van der Waals surface area contributed by atoms with Gasteiger partial charge in [-0.25, -0.2) is 0 Å². The summed E-state index contributed by atoms with van der Waals surface area (Å²) in [7, 11) is 0. The Hall–Kier alpha value is -5.60. The Labute approximate surface area is 178 Å². The molecule has 0 unspecified atom stereocenters. The van der Waals surface area contributed by atoms with Gasteiger partial charge in [-0.15, -0.1) is 0 Å². The summed E-state index contributed by atoms with van der Waals surface area (Å²) in [6, 6.07) is 14.6. The van der Waals surface area contributed by atoms with Crippen LogP contribution in [-0.4, -0.2) is 0 Å². The molecule has 2 aromatic carbocycles. The third kappa shape index (κ3) is 3.66. The molecule has 0 saturated heterocycles. The van der Waals surface area contributed by atoms with Crippen LogP contribution in [0.1, 0.15) is 33.4 Å². The van der Waals surface area contributed by atoms with E-state index in [9.17, 15) is 34.2 Å². The molecule has 0 aliphatic carbocycles. The molecule has 0 aliphatic heterocycles. The quantitative estimate of drug-likeness (QED) is 0.677. The number of halogens is 3. The summed E-state index contributed by atoms with van der Waals surface area (Å²) in [6.07, 6.45) is -5.14. The van der Waals surface area contributed by atoms with Crippen LogP contribution in [-0.2, 0) is 6.18 Å². The van der Waals surface area contributed by atoms with Crippen LogP contribution >= 0.6 is 0 Å². The number of hydrogen-bond acceptors (Lipinski definition) is 7. The molecule has 7 nitrogen and oxygen atoms in total. The van der Waals surface area contributed by atoms with Crippen molar-refractivity contribution in [3.05, 3.63) is 68.1 Å². The van der Waals surface area contributed by atoms with Gasteiger partial charge in [-0.3, -0.25) is 0 Å². The summed E-state index contributed by atoms with van der Waals surface area (Å²) < 4.78 is 41.5. The number of nitriles is 7. The van der Waals surface area contributed by atoms with E-state index < -0.39 is 50.7 Å². The average molecular weight is 423 g/mol. The van der Waals surface area contributed by atoms with E-state index in [1.165, 1.54) is 12.1 Å². The zero-order valence-electron chi connectivity index (χ0n) is 15.6. The maximum Gasteiger partial charge on any atom is 0.418 e. The fourth-order valence-corrected chi connectivity index (χ4v) is 2.98. The Kier molecular flexibility index (Phi) is 6.26. The maximum absolute atomic E-state index is 13.8. The Bertz CT molecular complexity index is 1570. The van der Waals surface area contributed by atoms with E-state index in [4.69, 9.17) is 15.8 Å². The molecule has 0 amide bonds. The van der Waals surface area contributed by atoms with Gasteiger partial charge in [-0.2, -0.15) is 50.0 Å². The Balaban J connectivity index is 3.29. The first-order valence-electron chi connectivity index (χ1n) is 8.20. The summed E-state index contributed by atoms with van der Waals surface area (Å²) in [5.41, 5.74) is -6.06. The highest BCUT2D eigenvalue weighted by molar-refractivity contribution is 5.83. The molecule has 0 heterocycles. The second kappa shape index (κ2) is 8.82. The van der Waals surface area contributed by atoms with Gasteiger partial charge in [0.1, 0.15) is 48.1 Å². The number of alkyl halides is 3. The molecule has 0 atom stereocenters. The third-order valence-electron chi connectivity index (χ3n) is 4.29. The molecule has 0 spiro atoms. The number of rotatable bonds is 1. The van der Waals surface area contributed by atoms with E-state index in [1.807, 2.05) is 0 Å². The van der Waals surface area contributed by atoms with Crippen molar-refractivity contribution in [2.24, 2.45) is 0 Å². The zero-order valence-corrected chi connectivity index (χ0v) is 15.6. The summed E-state index contributed by atoms with van der Waals surface area (Å²) in [4.78, 5) is 0. The first kappa shape index (κ1) is 22.7. The molecular weight excluding hydrogens is 419 g/mol. The van der Waals surface area contributed by atoms with Crippen LogP contribution in [0.15, 0.2) is 24.3 Å². The van der Waals surface area contributed by atoms with Crippen LogP contribution in [0.3, 0.4) is 0 Å². The highest BCUT2D eigenvalue weighted by atomic mass is 19.4. The molecule has 2 aromatic rings. The molecule has 0 saturated carbocycles. The van der Waals surface area contributed by atoms with E-state index >= 15 is 0 Å². The molecular formula is C22H4F3N7. The van der Waals surface area contributed by atoms with Gasteiger partial charge < -0.3 is 0 Å². The molecule has 0 aliphatic rings. The summed E-state index contributed by atoms with van der Waals surface area (Å²) in [5.74, 6) is 0. The van der Waals surface area contributed by atoms with Crippen LogP contribution in [0.2, 0.25) is 0 Å². The van der Waals surface area contributed by atoms with Gasteiger partial charge in [0.2, 0.25) is 0 Å². The number of benzene rings is 2.